The van der Waals surface area contributed by atoms with Gasteiger partial charge in [0.05, 0.1) is 13.7 Å². The van der Waals surface area contributed by atoms with E-state index < -0.39 is 48.2 Å². The minimum absolute atomic E-state index is 0.249. The number of aliphatic hydroxyl groups excluding tert-OH is 1. The van der Waals surface area contributed by atoms with Crippen LogP contribution in [-0.2, 0) is 23.9 Å². The van der Waals surface area contributed by atoms with Crippen molar-refractivity contribution in [1.82, 2.24) is 15.5 Å². The molecule has 2 atom stereocenters. The van der Waals surface area contributed by atoms with Crippen LogP contribution in [0.25, 0.3) is 0 Å². The molecule has 3 amide bonds. The van der Waals surface area contributed by atoms with Crippen molar-refractivity contribution in [2.75, 3.05) is 20.3 Å². The molecule has 10 nitrogen and oxygen atoms in total. The number of rotatable bonds is 9. The van der Waals surface area contributed by atoms with E-state index in [0.717, 1.165) is 5.56 Å². The minimum Gasteiger partial charge on any atom is -0.468 e. The molecule has 2 rings (SSSR count). The quantitative estimate of drug-likeness (QED) is 0.469. The third-order valence-electron chi connectivity index (χ3n) is 4.89. The average Bonchev–Trinajstić information content (AvgIpc) is 3.57. The molecule has 0 radical (unpaired) electrons. The zero-order chi connectivity index (χ0) is 24.8. The van der Waals surface area contributed by atoms with Crippen molar-refractivity contribution in [3.8, 4) is 0 Å². The first-order valence-corrected chi connectivity index (χ1v) is 10.8. The van der Waals surface area contributed by atoms with E-state index in [1.165, 1.54) is 12.0 Å². The maximum Gasteiger partial charge on any atom is 0.408 e. The van der Waals surface area contributed by atoms with E-state index >= 15 is 0 Å². The van der Waals surface area contributed by atoms with E-state index in [1.807, 2.05) is 13.0 Å². The summed E-state index contributed by atoms with van der Waals surface area (Å²) in [6.45, 7) is 5.86. The molecule has 10 heteroatoms. The largest absolute Gasteiger partial charge is 0.468 e. The fraction of sp³-hybridized carbons (Fsp3) is 0.565. The van der Waals surface area contributed by atoms with Crippen molar-refractivity contribution in [3.63, 3.8) is 0 Å². The van der Waals surface area contributed by atoms with E-state index in [2.05, 4.69) is 15.4 Å². The number of amides is 3. The van der Waals surface area contributed by atoms with E-state index in [9.17, 15) is 24.3 Å². The molecule has 1 aromatic carbocycles. The number of aliphatic hydroxyl groups is 1. The van der Waals surface area contributed by atoms with Crippen molar-refractivity contribution in [2.24, 2.45) is 0 Å². The first kappa shape index (κ1) is 26.1. The summed E-state index contributed by atoms with van der Waals surface area (Å²) in [6, 6.07) is 4.50. The van der Waals surface area contributed by atoms with E-state index in [1.54, 1.807) is 39.0 Å². The Labute approximate surface area is 193 Å². The predicted octanol–water partition coefficient (Wildman–Crippen LogP) is 1.20. The van der Waals surface area contributed by atoms with Crippen LogP contribution in [0.2, 0.25) is 0 Å². The molecular formula is C23H33N3O7. The maximum absolute atomic E-state index is 13.5. The van der Waals surface area contributed by atoms with Crippen molar-refractivity contribution in [3.05, 3.63) is 35.4 Å². The Morgan fingerprint density at radius 2 is 1.88 bits per heavy atom. The van der Waals surface area contributed by atoms with Gasteiger partial charge in [0.1, 0.15) is 24.2 Å². The Morgan fingerprint density at radius 3 is 2.39 bits per heavy atom. The van der Waals surface area contributed by atoms with Gasteiger partial charge in [-0.3, -0.25) is 14.4 Å². The Kier molecular flexibility index (Phi) is 8.81. The molecule has 0 heterocycles. The standard InChI is InChI=1S/C23H33N3O7/c1-14-7-6-8-15(11-14)19(20(29)24-12-18(28)32-5)26(16-9-10-16)21(30)17(13-27)25-22(31)33-23(2,3)4/h6-8,11,16-17,19,27H,9-10,12-13H2,1-5H3,(H,24,29)(H,25,31). The molecule has 1 aliphatic carbocycles. The summed E-state index contributed by atoms with van der Waals surface area (Å²) in [7, 11) is 1.21. The second-order valence-electron chi connectivity index (χ2n) is 8.97. The molecule has 1 aromatic rings. The lowest BCUT2D eigenvalue weighted by atomic mass is 10.0. The summed E-state index contributed by atoms with van der Waals surface area (Å²) in [5.41, 5.74) is 0.639. The van der Waals surface area contributed by atoms with Crippen LogP contribution in [-0.4, -0.2) is 71.8 Å². The summed E-state index contributed by atoms with van der Waals surface area (Å²) >= 11 is 0. The van der Waals surface area contributed by atoms with E-state index in [-0.39, 0.29) is 12.6 Å². The molecular weight excluding hydrogens is 430 g/mol. The van der Waals surface area contributed by atoms with Crippen LogP contribution in [0, 0.1) is 6.92 Å². The number of nitrogens with zero attached hydrogens (tertiary/aromatic N) is 1. The van der Waals surface area contributed by atoms with Gasteiger partial charge in [-0.05, 0) is 46.1 Å². The molecule has 3 N–H and O–H groups in total. The average molecular weight is 464 g/mol. The SMILES string of the molecule is COC(=O)CNC(=O)C(c1cccc(C)c1)N(C(=O)C(CO)NC(=O)OC(C)(C)C)C1CC1. The number of carbonyl (C=O) groups excluding carboxylic acids is 4. The molecule has 1 aliphatic rings. The molecule has 1 fully saturated rings. The highest BCUT2D eigenvalue weighted by Gasteiger charge is 2.44. The molecule has 0 bridgehead atoms. The van der Waals surface area contributed by atoms with Crippen LogP contribution in [0.4, 0.5) is 4.79 Å². The van der Waals surface area contributed by atoms with Gasteiger partial charge in [0.25, 0.3) is 0 Å². The lowest BCUT2D eigenvalue weighted by Gasteiger charge is -2.34. The zero-order valence-corrected chi connectivity index (χ0v) is 19.7. The van der Waals surface area contributed by atoms with Crippen LogP contribution >= 0.6 is 0 Å². The van der Waals surface area contributed by atoms with Gasteiger partial charge >= 0.3 is 12.1 Å². The number of methoxy groups -OCH3 is 1. The molecule has 1 saturated carbocycles. The van der Waals surface area contributed by atoms with E-state index in [0.29, 0.717) is 18.4 Å². The Hall–Kier alpha value is -3.14. The second-order valence-corrected chi connectivity index (χ2v) is 8.97. The fourth-order valence-corrected chi connectivity index (χ4v) is 3.29. The first-order chi connectivity index (χ1) is 15.5. The van der Waals surface area contributed by atoms with Gasteiger partial charge in [-0.2, -0.15) is 0 Å². The van der Waals surface area contributed by atoms with Crippen molar-refractivity contribution in [2.45, 2.75) is 64.3 Å². The molecule has 0 aromatic heterocycles. The number of hydrogen-bond donors (Lipinski definition) is 3. The number of alkyl carbamates (subject to hydrolysis) is 1. The van der Waals surface area contributed by atoms with Gasteiger partial charge in [0.2, 0.25) is 11.8 Å². The number of carbonyl (C=O) groups is 4. The second kappa shape index (κ2) is 11.1. The van der Waals surface area contributed by atoms with Crippen LogP contribution in [0.1, 0.15) is 50.8 Å². The van der Waals surface area contributed by atoms with Gasteiger partial charge < -0.3 is 30.1 Å². The number of ether oxygens (including phenoxy) is 2. The summed E-state index contributed by atoms with van der Waals surface area (Å²) in [6.07, 6.45) is 0.485. The topological polar surface area (TPSA) is 134 Å². The third-order valence-corrected chi connectivity index (χ3v) is 4.89. The van der Waals surface area contributed by atoms with Crippen molar-refractivity contribution < 1.29 is 33.8 Å². The summed E-state index contributed by atoms with van der Waals surface area (Å²) < 4.78 is 9.78. The monoisotopic (exact) mass is 463 g/mol. The highest BCUT2D eigenvalue weighted by molar-refractivity contribution is 5.93. The molecule has 182 valence electrons. The normalized spacial score (nSPS) is 15.1. The molecule has 0 aliphatic heterocycles. The van der Waals surface area contributed by atoms with Gasteiger partial charge in [0.15, 0.2) is 0 Å². The maximum atomic E-state index is 13.5. The number of nitrogens with one attached hydrogen (secondary N) is 2. The third kappa shape index (κ3) is 7.74. The van der Waals surface area contributed by atoms with Crippen LogP contribution in [0.5, 0.6) is 0 Å². The van der Waals surface area contributed by atoms with Gasteiger partial charge in [0, 0.05) is 6.04 Å². The number of aryl methyl sites for hydroxylation is 1. The van der Waals surface area contributed by atoms with Crippen LogP contribution in [0.3, 0.4) is 0 Å². The van der Waals surface area contributed by atoms with Gasteiger partial charge in [-0.25, -0.2) is 4.79 Å². The zero-order valence-electron chi connectivity index (χ0n) is 19.7. The van der Waals surface area contributed by atoms with E-state index in [4.69, 9.17) is 4.74 Å². The molecule has 2 unspecified atom stereocenters. The smallest absolute Gasteiger partial charge is 0.408 e. The Balaban J connectivity index is 2.35. The summed E-state index contributed by atoms with van der Waals surface area (Å²) in [5, 5.41) is 14.8. The van der Waals surface area contributed by atoms with Gasteiger partial charge in [-0.1, -0.05) is 29.8 Å². The van der Waals surface area contributed by atoms with Crippen molar-refractivity contribution in [1.29, 1.82) is 0 Å². The molecule has 0 saturated heterocycles. The minimum atomic E-state index is -1.30. The predicted molar refractivity (Wildman–Crippen MR) is 119 cm³/mol. The summed E-state index contributed by atoms with van der Waals surface area (Å²) in [5.74, 6) is -1.82. The first-order valence-electron chi connectivity index (χ1n) is 10.8. The summed E-state index contributed by atoms with van der Waals surface area (Å²) in [4.78, 5) is 51.8. The lowest BCUT2D eigenvalue weighted by Crippen LogP contribution is -2.55. The Bertz CT molecular complexity index is 877. The lowest BCUT2D eigenvalue weighted by molar-refractivity contribution is -0.145. The number of esters is 1. The van der Waals surface area contributed by atoms with Crippen molar-refractivity contribution >= 4 is 23.9 Å². The highest BCUT2D eigenvalue weighted by Crippen LogP contribution is 2.35. The van der Waals surface area contributed by atoms with Crippen LogP contribution < -0.4 is 10.6 Å². The molecule has 0 spiro atoms. The fourth-order valence-electron chi connectivity index (χ4n) is 3.29. The van der Waals surface area contributed by atoms with Gasteiger partial charge in [-0.15, -0.1) is 0 Å². The molecule has 33 heavy (non-hydrogen) atoms. The van der Waals surface area contributed by atoms with Crippen LogP contribution in [0.15, 0.2) is 24.3 Å². The number of benzene rings is 1. The Morgan fingerprint density at radius 1 is 1.21 bits per heavy atom. The highest BCUT2D eigenvalue weighted by atomic mass is 16.6. The number of hydrogen-bond acceptors (Lipinski definition) is 7.